The van der Waals surface area contributed by atoms with Crippen molar-refractivity contribution in [3.05, 3.63) is 0 Å². The molecule has 0 radical (unpaired) electrons. The van der Waals surface area contributed by atoms with E-state index >= 15 is 0 Å². The number of carbonyl (C=O) groups excluding carboxylic acids is 1. The number of aliphatic hydroxyl groups excluding tert-OH is 2. The largest absolute Gasteiger partial charge is 0.460 e. The number of esters is 1. The lowest BCUT2D eigenvalue weighted by molar-refractivity contribution is -0.156. The van der Waals surface area contributed by atoms with Crippen molar-refractivity contribution in [3.8, 4) is 0 Å². The van der Waals surface area contributed by atoms with Gasteiger partial charge in [0.1, 0.15) is 5.60 Å². The van der Waals surface area contributed by atoms with E-state index < -0.39 is 5.60 Å². The normalized spacial score (nSPS) is 11.9. The zero-order chi connectivity index (χ0) is 12.6. The Morgan fingerprint density at radius 2 is 1.81 bits per heavy atom. The summed E-state index contributed by atoms with van der Waals surface area (Å²) in [4.78, 5) is 11.2. The van der Waals surface area contributed by atoms with E-state index in [9.17, 15) is 4.79 Å². The first-order valence-corrected chi connectivity index (χ1v) is 5.40. The van der Waals surface area contributed by atoms with Crippen molar-refractivity contribution in [2.24, 2.45) is 5.92 Å². The van der Waals surface area contributed by atoms with Gasteiger partial charge in [-0.2, -0.15) is 0 Å². The monoisotopic (exact) mass is 234 g/mol. The number of aliphatic hydroxyl groups is 2. The van der Waals surface area contributed by atoms with Crippen LogP contribution in [-0.2, 0) is 14.3 Å². The van der Waals surface area contributed by atoms with Crippen LogP contribution in [0.2, 0.25) is 0 Å². The van der Waals surface area contributed by atoms with Gasteiger partial charge in [-0.1, -0.05) is 0 Å². The topological polar surface area (TPSA) is 76.0 Å². The van der Waals surface area contributed by atoms with Gasteiger partial charge in [0.2, 0.25) is 0 Å². The van der Waals surface area contributed by atoms with Gasteiger partial charge in [-0.05, 0) is 20.8 Å². The maximum Gasteiger partial charge on any atom is 0.308 e. The van der Waals surface area contributed by atoms with E-state index in [0.29, 0.717) is 0 Å². The van der Waals surface area contributed by atoms with Crippen molar-refractivity contribution in [1.29, 1.82) is 0 Å². The molecule has 5 heteroatoms. The third kappa shape index (κ3) is 8.64. The molecule has 0 heterocycles. The summed E-state index contributed by atoms with van der Waals surface area (Å²) in [7, 11) is 0. The van der Waals surface area contributed by atoms with E-state index in [2.05, 4.69) is 0 Å². The van der Waals surface area contributed by atoms with Crippen LogP contribution >= 0.6 is 0 Å². The van der Waals surface area contributed by atoms with Crippen molar-refractivity contribution in [2.45, 2.75) is 32.8 Å². The average molecular weight is 234 g/mol. The average Bonchev–Trinajstić information content (AvgIpc) is 2.15. The summed E-state index contributed by atoms with van der Waals surface area (Å²) in [5.74, 6) is -0.587. The first kappa shape index (κ1) is 15.3. The smallest absolute Gasteiger partial charge is 0.308 e. The van der Waals surface area contributed by atoms with Gasteiger partial charge < -0.3 is 19.7 Å². The lowest BCUT2D eigenvalue weighted by Crippen LogP contribution is -2.25. The van der Waals surface area contributed by atoms with E-state index in [1.807, 2.05) is 0 Å². The highest BCUT2D eigenvalue weighted by Gasteiger charge is 2.16. The molecule has 5 nitrogen and oxygen atoms in total. The first-order valence-electron chi connectivity index (χ1n) is 5.40. The zero-order valence-electron chi connectivity index (χ0n) is 10.2. The third-order valence-electron chi connectivity index (χ3n) is 1.74. The Kier molecular flexibility index (Phi) is 7.29. The fourth-order valence-electron chi connectivity index (χ4n) is 0.961. The molecular weight excluding hydrogens is 212 g/mol. The van der Waals surface area contributed by atoms with Crippen LogP contribution in [0.5, 0.6) is 0 Å². The zero-order valence-corrected chi connectivity index (χ0v) is 10.2. The summed E-state index contributed by atoms with van der Waals surface area (Å²) < 4.78 is 10.2. The summed E-state index contributed by atoms with van der Waals surface area (Å²) in [5.41, 5.74) is -0.476. The van der Waals surface area contributed by atoms with E-state index in [1.165, 1.54) is 0 Å². The van der Waals surface area contributed by atoms with Crippen LogP contribution in [0.4, 0.5) is 0 Å². The molecule has 0 aromatic carbocycles. The SMILES string of the molecule is CC(C)(C)OC(=O)CCOCC(CO)CO. The van der Waals surface area contributed by atoms with Crippen molar-refractivity contribution in [1.82, 2.24) is 0 Å². The van der Waals surface area contributed by atoms with Crippen molar-refractivity contribution >= 4 is 5.97 Å². The van der Waals surface area contributed by atoms with Gasteiger partial charge in [0, 0.05) is 5.92 Å². The molecule has 0 fully saturated rings. The number of hydrogen-bond donors (Lipinski definition) is 2. The Bertz CT molecular complexity index is 193. The summed E-state index contributed by atoms with van der Waals surface area (Å²) in [6.45, 7) is 5.66. The molecule has 0 unspecified atom stereocenters. The fourth-order valence-corrected chi connectivity index (χ4v) is 0.961. The van der Waals surface area contributed by atoms with Gasteiger partial charge in [0.05, 0.1) is 32.8 Å². The maximum atomic E-state index is 11.2. The lowest BCUT2D eigenvalue weighted by atomic mass is 10.2. The number of ether oxygens (including phenoxy) is 2. The van der Waals surface area contributed by atoms with E-state index in [-0.39, 0.29) is 44.7 Å². The highest BCUT2D eigenvalue weighted by Crippen LogP contribution is 2.08. The van der Waals surface area contributed by atoms with Crippen LogP contribution < -0.4 is 0 Å². The molecule has 0 aliphatic carbocycles. The van der Waals surface area contributed by atoms with Crippen LogP contribution in [-0.4, -0.2) is 48.2 Å². The van der Waals surface area contributed by atoms with Gasteiger partial charge in [0.25, 0.3) is 0 Å². The molecule has 0 atom stereocenters. The predicted molar refractivity (Wildman–Crippen MR) is 58.9 cm³/mol. The molecule has 0 aliphatic rings. The fraction of sp³-hybridized carbons (Fsp3) is 0.909. The lowest BCUT2D eigenvalue weighted by Gasteiger charge is -2.19. The Hall–Kier alpha value is -0.650. The second-order valence-corrected chi connectivity index (χ2v) is 4.64. The Morgan fingerprint density at radius 1 is 1.25 bits per heavy atom. The molecule has 0 saturated heterocycles. The molecule has 0 bridgehead atoms. The van der Waals surface area contributed by atoms with Gasteiger partial charge in [0.15, 0.2) is 0 Å². The van der Waals surface area contributed by atoms with Crippen LogP contribution in [0.25, 0.3) is 0 Å². The van der Waals surface area contributed by atoms with Crippen LogP contribution in [0.3, 0.4) is 0 Å². The molecular formula is C11H22O5. The summed E-state index contributed by atoms with van der Waals surface area (Å²) in [6.07, 6.45) is 0.181. The third-order valence-corrected chi connectivity index (χ3v) is 1.74. The van der Waals surface area contributed by atoms with E-state index in [4.69, 9.17) is 19.7 Å². The molecule has 0 aromatic rings. The summed E-state index contributed by atoms with van der Waals surface area (Å²) in [6, 6.07) is 0. The summed E-state index contributed by atoms with van der Waals surface area (Å²) in [5, 5.41) is 17.5. The van der Waals surface area contributed by atoms with E-state index in [1.54, 1.807) is 20.8 Å². The van der Waals surface area contributed by atoms with Gasteiger partial charge in [-0.3, -0.25) is 4.79 Å². The van der Waals surface area contributed by atoms with Gasteiger partial charge >= 0.3 is 5.97 Å². The molecule has 0 aliphatic heterocycles. The quantitative estimate of drug-likeness (QED) is 0.490. The Morgan fingerprint density at radius 3 is 2.25 bits per heavy atom. The van der Waals surface area contributed by atoms with Crippen molar-refractivity contribution < 1.29 is 24.5 Å². The molecule has 0 amide bonds. The molecule has 0 aromatic heterocycles. The molecule has 0 saturated carbocycles. The molecule has 96 valence electrons. The Balaban J connectivity index is 3.55. The number of carbonyl (C=O) groups is 1. The minimum Gasteiger partial charge on any atom is -0.460 e. The maximum absolute atomic E-state index is 11.2. The van der Waals surface area contributed by atoms with E-state index in [0.717, 1.165) is 0 Å². The highest BCUT2D eigenvalue weighted by molar-refractivity contribution is 5.69. The minimum atomic E-state index is -0.476. The van der Waals surface area contributed by atoms with Crippen LogP contribution in [0.15, 0.2) is 0 Å². The van der Waals surface area contributed by atoms with Gasteiger partial charge in [-0.15, -0.1) is 0 Å². The second kappa shape index (κ2) is 7.60. The van der Waals surface area contributed by atoms with Crippen LogP contribution in [0.1, 0.15) is 27.2 Å². The number of rotatable bonds is 7. The minimum absolute atomic E-state index is 0.122. The second-order valence-electron chi connectivity index (χ2n) is 4.64. The Labute approximate surface area is 96.4 Å². The first-order chi connectivity index (χ1) is 7.39. The standard InChI is InChI=1S/C11H22O5/c1-11(2,3)16-10(14)4-5-15-8-9(6-12)7-13/h9,12-13H,4-8H2,1-3H3. The number of hydrogen-bond acceptors (Lipinski definition) is 5. The predicted octanol–water partition coefficient (Wildman–Crippen LogP) is 0.336. The molecule has 2 N–H and O–H groups in total. The molecule has 0 rings (SSSR count). The highest BCUT2D eigenvalue weighted by atomic mass is 16.6. The molecule has 16 heavy (non-hydrogen) atoms. The summed E-state index contributed by atoms with van der Waals surface area (Å²) >= 11 is 0. The van der Waals surface area contributed by atoms with Crippen LogP contribution in [0, 0.1) is 5.92 Å². The van der Waals surface area contributed by atoms with Gasteiger partial charge in [-0.25, -0.2) is 0 Å². The van der Waals surface area contributed by atoms with Crippen molar-refractivity contribution in [3.63, 3.8) is 0 Å². The molecule has 0 spiro atoms. The van der Waals surface area contributed by atoms with Crippen molar-refractivity contribution in [2.75, 3.05) is 26.4 Å².